The molecule has 0 aliphatic carbocycles. The lowest BCUT2D eigenvalue weighted by molar-refractivity contribution is 0.509. The number of halogens is 1. The zero-order chi connectivity index (χ0) is 3.58. The molecular formula is H9FN2O3S. The Labute approximate surface area is 42.0 Å². The lowest BCUT2D eigenvalue weighted by Gasteiger charge is -1.43. The van der Waals surface area contributed by atoms with Crippen LogP contribution in [0.5, 0.6) is 0 Å². The summed E-state index contributed by atoms with van der Waals surface area (Å²) in [5, 5.41) is 0. The largest absolute Gasteiger partial charge is 0.344 e. The Morgan fingerprint density at radius 1 is 1.14 bits per heavy atom. The van der Waals surface area contributed by atoms with E-state index in [1.54, 1.807) is 0 Å². The Kier molecular flexibility index (Phi) is 72.1. The van der Waals surface area contributed by atoms with Gasteiger partial charge in [0.1, 0.15) is 0 Å². The first-order valence-electron chi connectivity index (χ1n) is 0.565. The fraction of sp³-hybridized carbons (Fsp3) is 0. The summed E-state index contributed by atoms with van der Waals surface area (Å²) >= 11 is 0. The third kappa shape index (κ3) is 1410. The fourth-order valence-electron chi connectivity index (χ4n) is 0. The Balaban J connectivity index is -0.0000000150. The number of hydrogen-bond acceptors (Lipinski definition) is 4. The summed E-state index contributed by atoms with van der Waals surface area (Å²) in [4.78, 5) is 0. The molecule has 0 amide bonds. The predicted octanol–water partition coefficient (Wildman–Crippen LogP) is -0.453. The van der Waals surface area contributed by atoms with Crippen LogP contribution in [0.2, 0.25) is 0 Å². The van der Waals surface area contributed by atoms with Gasteiger partial charge in [-0.1, -0.05) is 0 Å². The molecule has 0 aliphatic heterocycles. The number of rotatable bonds is 0. The van der Waals surface area contributed by atoms with Crippen molar-refractivity contribution >= 4 is 11.0 Å². The lowest BCUT2D eigenvalue weighted by Crippen LogP contribution is -1.58. The van der Waals surface area contributed by atoms with Crippen LogP contribution in [0, 0.1) is 0 Å². The summed E-state index contributed by atoms with van der Waals surface area (Å²) < 4.78 is 24.2. The number of hydrogen-bond donors (Lipinski definition) is 4. The molecule has 0 aromatic carbocycles. The second-order valence-electron chi connectivity index (χ2n) is 0.238. The summed E-state index contributed by atoms with van der Waals surface area (Å²) in [7, 11) is -3.12. The summed E-state index contributed by atoms with van der Waals surface area (Å²) in [6.07, 6.45) is 0. The highest BCUT2D eigenvalue weighted by molar-refractivity contribution is 7.66. The van der Waals surface area contributed by atoms with Crippen LogP contribution in [0.1, 0.15) is 0 Å². The van der Waals surface area contributed by atoms with E-state index in [1.807, 2.05) is 0 Å². The zero-order valence-corrected chi connectivity index (χ0v) is 4.43. The Morgan fingerprint density at radius 3 is 1.14 bits per heavy atom. The molecule has 0 saturated heterocycles. The molecule has 0 aromatic rings. The molecule has 7 heteroatoms. The average Bonchev–Trinajstić information content (AvgIpc) is 0.811. The lowest BCUT2D eigenvalue weighted by atomic mass is 14.0. The van der Waals surface area contributed by atoms with Crippen molar-refractivity contribution < 1.29 is 17.7 Å². The van der Waals surface area contributed by atoms with Gasteiger partial charge in [-0.05, 0) is 0 Å². The highest BCUT2D eigenvalue weighted by atomic mass is 32.2. The van der Waals surface area contributed by atoms with Gasteiger partial charge in [-0.25, -0.2) is 8.42 Å². The van der Waals surface area contributed by atoms with Crippen LogP contribution in [-0.4, -0.2) is 13.0 Å². The maximum Gasteiger partial charge on any atom is 0.254 e. The summed E-state index contributed by atoms with van der Waals surface area (Å²) in [5.74, 6) is 0. The van der Waals surface area contributed by atoms with Crippen LogP contribution in [0.25, 0.3) is 0 Å². The topological polar surface area (TPSA) is 124 Å². The van der Waals surface area contributed by atoms with Crippen molar-refractivity contribution in [3.63, 3.8) is 0 Å². The van der Waals surface area contributed by atoms with Crippen LogP contribution in [0.15, 0.2) is 0 Å². The van der Waals surface area contributed by atoms with Crippen molar-refractivity contribution in [2.75, 3.05) is 0 Å². The normalized spacial score (nSPS) is 4.86. The summed E-state index contributed by atoms with van der Waals surface area (Å²) in [6, 6.07) is 0. The smallest absolute Gasteiger partial charge is 0.254 e. The van der Waals surface area contributed by atoms with Crippen molar-refractivity contribution in [1.29, 1.82) is 0 Å². The first-order chi connectivity index (χ1) is 1.73. The van der Waals surface area contributed by atoms with Gasteiger partial charge >= 0.3 is 0 Å². The molecule has 0 aromatic heterocycles. The van der Waals surface area contributed by atoms with Crippen molar-refractivity contribution in [1.82, 2.24) is 12.3 Å². The highest BCUT2D eigenvalue weighted by Gasteiger charge is 1.44. The van der Waals surface area contributed by atoms with E-state index in [1.165, 1.54) is 0 Å². The first kappa shape index (κ1) is 29.4. The van der Waals surface area contributed by atoms with Gasteiger partial charge in [0.05, 0.1) is 0 Å². The third-order valence-electron chi connectivity index (χ3n) is 0. The van der Waals surface area contributed by atoms with E-state index in [4.69, 9.17) is 13.0 Å². The van der Waals surface area contributed by atoms with Crippen LogP contribution in [0.3, 0.4) is 0 Å². The van der Waals surface area contributed by atoms with Gasteiger partial charge in [0.15, 0.2) is 0 Å². The van der Waals surface area contributed by atoms with E-state index in [2.05, 4.69) is 0 Å². The molecule has 0 heterocycles. The van der Waals surface area contributed by atoms with Gasteiger partial charge < -0.3 is 12.3 Å². The Morgan fingerprint density at radius 2 is 1.14 bits per heavy atom. The van der Waals surface area contributed by atoms with E-state index in [0.717, 1.165) is 0 Å². The van der Waals surface area contributed by atoms with Crippen LogP contribution < -0.4 is 12.3 Å². The van der Waals surface area contributed by atoms with Gasteiger partial charge in [-0.15, -0.1) is 0 Å². The molecule has 0 radical (unpaired) electrons. The monoisotopic (exact) mass is 136 g/mol. The van der Waals surface area contributed by atoms with Crippen molar-refractivity contribution in [2.24, 2.45) is 0 Å². The maximum atomic E-state index is 8.59. The van der Waals surface area contributed by atoms with Crippen molar-refractivity contribution in [3.05, 3.63) is 0 Å². The van der Waals surface area contributed by atoms with Gasteiger partial charge in [-0.3, -0.25) is 9.26 Å². The molecule has 5 nitrogen and oxygen atoms in total. The SMILES string of the molecule is F.N.N.O=[SH](=O)O. The zero-order valence-electron chi connectivity index (χ0n) is 3.53. The standard InChI is InChI=1S/FH.2H3N.H2O3S/c;;;1-4(2)3/h1H;2*1H3;4H,(H,1,2,3). The van der Waals surface area contributed by atoms with Crippen molar-refractivity contribution in [2.45, 2.75) is 0 Å². The van der Waals surface area contributed by atoms with E-state index in [-0.39, 0.29) is 17.0 Å². The fourth-order valence-corrected chi connectivity index (χ4v) is 0. The molecular weight excluding hydrogens is 127 g/mol. The van der Waals surface area contributed by atoms with Crippen LogP contribution >= 0.6 is 0 Å². The van der Waals surface area contributed by atoms with Gasteiger partial charge in [-0.2, -0.15) is 0 Å². The van der Waals surface area contributed by atoms with E-state index in [0.29, 0.717) is 0 Å². The minimum Gasteiger partial charge on any atom is -0.344 e. The number of thiol groups is 1. The molecule has 0 bridgehead atoms. The minimum absolute atomic E-state index is 0. The van der Waals surface area contributed by atoms with Crippen molar-refractivity contribution in [3.8, 4) is 0 Å². The molecule has 0 atom stereocenters. The predicted molar refractivity (Wildman–Crippen MR) is 25.5 cm³/mol. The Bertz CT molecular complexity index is 61.3. The molecule has 0 fully saturated rings. The second kappa shape index (κ2) is 17.1. The van der Waals surface area contributed by atoms with Crippen LogP contribution in [0.4, 0.5) is 4.70 Å². The van der Waals surface area contributed by atoms with Crippen LogP contribution in [-0.2, 0) is 11.0 Å². The Hall–Kier alpha value is -0.240. The molecule has 0 saturated carbocycles. The van der Waals surface area contributed by atoms with E-state index in [9.17, 15) is 0 Å². The van der Waals surface area contributed by atoms with E-state index >= 15 is 0 Å². The van der Waals surface area contributed by atoms with Gasteiger partial charge in [0, 0.05) is 0 Å². The quantitative estimate of drug-likeness (QED) is 0.265. The molecule has 50 valence electrons. The highest BCUT2D eigenvalue weighted by Crippen LogP contribution is 1.27. The summed E-state index contributed by atoms with van der Waals surface area (Å²) in [6.45, 7) is 0. The first-order valence-corrected chi connectivity index (χ1v) is 1.70. The second-order valence-corrected chi connectivity index (χ2v) is 0.714. The third-order valence-corrected chi connectivity index (χ3v) is 0. The summed E-state index contributed by atoms with van der Waals surface area (Å²) in [5.41, 5.74) is 0. The minimum atomic E-state index is -3.12. The van der Waals surface area contributed by atoms with Gasteiger partial charge in [0.25, 0.3) is 11.0 Å². The molecule has 0 aliphatic rings. The molecule has 7 N–H and O–H groups in total. The molecule has 7 heavy (non-hydrogen) atoms. The van der Waals surface area contributed by atoms with E-state index < -0.39 is 11.0 Å². The maximum absolute atomic E-state index is 8.59. The molecule has 0 spiro atoms. The average molecular weight is 136 g/mol. The van der Waals surface area contributed by atoms with Gasteiger partial charge in [0.2, 0.25) is 0 Å². The molecule has 0 unspecified atom stereocenters. The molecule has 0 rings (SSSR count).